The maximum Gasteiger partial charge on any atom is 0.410 e. The minimum absolute atomic E-state index is 0.211. The lowest BCUT2D eigenvalue weighted by Crippen LogP contribution is -2.46. The lowest BCUT2D eigenvalue weighted by atomic mass is 10.2. The Hall–Kier alpha value is -1.37. The summed E-state index contributed by atoms with van der Waals surface area (Å²) in [5.74, 6) is 0. The lowest BCUT2D eigenvalue weighted by Gasteiger charge is -2.26. The standard InChI is InChI=1S/C14H16N2O2S2/c17-14(16-4-2-15-3-5-16)18-8-13-7-12(10-20-13)11-1-6-19-9-11/h1,6-7,9-10,15H,2-5,8H2. The number of nitrogens with zero attached hydrogens (tertiary/aromatic N) is 1. The Bertz CT molecular complexity index is 560. The van der Waals surface area contributed by atoms with Gasteiger partial charge in [-0.15, -0.1) is 11.3 Å². The van der Waals surface area contributed by atoms with Crippen LogP contribution in [0.4, 0.5) is 4.79 Å². The van der Waals surface area contributed by atoms with Crippen LogP contribution in [0.25, 0.3) is 11.1 Å². The molecular formula is C14H16N2O2S2. The number of thiophene rings is 2. The topological polar surface area (TPSA) is 41.6 Å². The van der Waals surface area contributed by atoms with E-state index in [2.05, 4.69) is 33.6 Å². The average molecular weight is 308 g/mol. The van der Waals surface area contributed by atoms with Crippen LogP contribution in [-0.4, -0.2) is 37.2 Å². The molecular weight excluding hydrogens is 292 g/mol. The van der Waals surface area contributed by atoms with Crippen molar-refractivity contribution >= 4 is 28.8 Å². The van der Waals surface area contributed by atoms with Crippen molar-refractivity contribution in [3.63, 3.8) is 0 Å². The van der Waals surface area contributed by atoms with E-state index in [1.165, 1.54) is 11.1 Å². The number of amides is 1. The van der Waals surface area contributed by atoms with E-state index in [4.69, 9.17) is 4.74 Å². The van der Waals surface area contributed by atoms with Crippen LogP contribution in [0.15, 0.2) is 28.3 Å². The van der Waals surface area contributed by atoms with E-state index in [1.807, 2.05) is 0 Å². The molecule has 3 rings (SSSR count). The summed E-state index contributed by atoms with van der Waals surface area (Å²) in [5.41, 5.74) is 2.43. The first-order chi connectivity index (χ1) is 9.83. The third kappa shape index (κ3) is 3.20. The summed E-state index contributed by atoms with van der Waals surface area (Å²) in [5, 5.41) is 9.51. The number of piperazine rings is 1. The molecule has 0 radical (unpaired) electrons. The number of hydrogen-bond donors (Lipinski definition) is 1. The molecule has 2 aromatic rings. The maximum atomic E-state index is 11.9. The molecule has 3 heterocycles. The van der Waals surface area contributed by atoms with Gasteiger partial charge in [-0.25, -0.2) is 4.79 Å². The molecule has 0 unspecified atom stereocenters. The molecule has 0 atom stereocenters. The highest BCUT2D eigenvalue weighted by molar-refractivity contribution is 7.10. The quantitative estimate of drug-likeness (QED) is 0.947. The van der Waals surface area contributed by atoms with Crippen molar-refractivity contribution in [3.05, 3.63) is 33.2 Å². The average Bonchev–Trinajstić information content (AvgIpc) is 3.16. The van der Waals surface area contributed by atoms with Gasteiger partial charge in [-0.2, -0.15) is 11.3 Å². The van der Waals surface area contributed by atoms with Gasteiger partial charge in [0.05, 0.1) is 0 Å². The third-order valence-electron chi connectivity index (χ3n) is 3.22. The number of hydrogen-bond acceptors (Lipinski definition) is 5. The first-order valence-electron chi connectivity index (χ1n) is 6.55. The van der Waals surface area contributed by atoms with Gasteiger partial charge in [0, 0.05) is 31.1 Å². The largest absolute Gasteiger partial charge is 0.444 e. The fourth-order valence-electron chi connectivity index (χ4n) is 2.11. The minimum atomic E-state index is -0.211. The Balaban J connectivity index is 1.54. The summed E-state index contributed by atoms with van der Waals surface area (Å²) >= 11 is 3.32. The number of nitrogens with one attached hydrogen (secondary N) is 1. The van der Waals surface area contributed by atoms with Crippen LogP contribution >= 0.6 is 22.7 Å². The van der Waals surface area contributed by atoms with E-state index in [-0.39, 0.29) is 6.09 Å². The van der Waals surface area contributed by atoms with Crippen LogP contribution in [-0.2, 0) is 11.3 Å². The van der Waals surface area contributed by atoms with E-state index >= 15 is 0 Å². The second kappa shape index (κ2) is 6.39. The van der Waals surface area contributed by atoms with Gasteiger partial charge in [0.1, 0.15) is 6.61 Å². The molecule has 0 spiro atoms. The van der Waals surface area contributed by atoms with E-state index in [1.54, 1.807) is 27.6 Å². The number of carbonyl (C=O) groups is 1. The van der Waals surface area contributed by atoms with E-state index < -0.39 is 0 Å². The molecule has 1 aliphatic rings. The number of carbonyl (C=O) groups excluding carboxylic acids is 1. The number of ether oxygens (including phenoxy) is 1. The predicted molar refractivity (Wildman–Crippen MR) is 82.3 cm³/mol. The van der Waals surface area contributed by atoms with Gasteiger partial charge in [-0.3, -0.25) is 0 Å². The highest BCUT2D eigenvalue weighted by Crippen LogP contribution is 2.27. The molecule has 0 aliphatic carbocycles. The van der Waals surface area contributed by atoms with Crippen LogP contribution < -0.4 is 5.32 Å². The van der Waals surface area contributed by atoms with Crippen LogP contribution in [0, 0.1) is 0 Å². The molecule has 1 amide bonds. The highest BCUT2D eigenvalue weighted by atomic mass is 32.1. The summed E-state index contributed by atoms with van der Waals surface area (Å²) in [4.78, 5) is 14.7. The van der Waals surface area contributed by atoms with E-state index in [0.29, 0.717) is 6.61 Å². The molecule has 1 aliphatic heterocycles. The second-order valence-corrected chi connectivity index (χ2v) is 6.38. The predicted octanol–water partition coefficient (Wildman–Crippen LogP) is 3.02. The van der Waals surface area contributed by atoms with Crippen LogP contribution in [0.1, 0.15) is 4.88 Å². The smallest absolute Gasteiger partial charge is 0.410 e. The van der Waals surface area contributed by atoms with Gasteiger partial charge >= 0.3 is 6.09 Å². The molecule has 0 aromatic carbocycles. The van der Waals surface area contributed by atoms with E-state index in [9.17, 15) is 4.79 Å². The molecule has 0 bridgehead atoms. The Morgan fingerprint density at radius 1 is 1.30 bits per heavy atom. The molecule has 4 nitrogen and oxygen atoms in total. The fourth-order valence-corrected chi connectivity index (χ4v) is 3.58. The van der Waals surface area contributed by atoms with Crippen molar-refractivity contribution in [3.8, 4) is 11.1 Å². The molecule has 6 heteroatoms. The monoisotopic (exact) mass is 308 g/mol. The Kier molecular flexibility index (Phi) is 4.34. The molecule has 20 heavy (non-hydrogen) atoms. The van der Waals surface area contributed by atoms with Gasteiger partial charge in [0.15, 0.2) is 0 Å². The molecule has 0 saturated carbocycles. The van der Waals surface area contributed by atoms with Crippen molar-refractivity contribution in [2.75, 3.05) is 26.2 Å². The Morgan fingerprint density at radius 3 is 2.90 bits per heavy atom. The van der Waals surface area contributed by atoms with Gasteiger partial charge in [-0.05, 0) is 39.4 Å². The molecule has 1 saturated heterocycles. The zero-order valence-corrected chi connectivity index (χ0v) is 12.6. The normalized spacial score (nSPS) is 15.3. The van der Waals surface area contributed by atoms with Gasteiger partial charge in [0.2, 0.25) is 0 Å². The summed E-state index contributed by atoms with van der Waals surface area (Å²) in [7, 11) is 0. The Morgan fingerprint density at radius 2 is 2.15 bits per heavy atom. The van der Waals surface area contributed by atoms with Gasteiger partial charge in [0.25, 0.3) is 0 Å². The minimum Gasteiger partial charge on any atom is -0.444 e. The first kappa shape index (κ1) is 13.6. The molecule has 2 aromatic heterocycles. The van der Waals surface area contributed by atoms with Crippen LogP contribution in [0.2, 0.25) is 0 Å². The van der Waals surface area contributed by atoms with Crippen molar-refractivity contribution in [1.29, 1.82) is 0 Å². The molecule has 106 valence electrons. The van der Waals surface area contributed by atoms with Crippen molar-refractivity contribution in [2.45, 2.75) is 6.61 Å². The second-order valence-electron chi connectivity index (χ2n) is 4.61. The summed E-state index contributed by atoms with van der Waals surface area (Å²) in [6, 6.07) is 4.20. The maximum absolute atomic E-state index is 11.9. The third-order valence-corrected chi connectivity index (χ3v) is 4.81. The zero-order chi connectivity index (χ0) is 13.8. The summed E-state index contributed by atoms with van der Waals surface area (Å²) in [6.45, 7) is 3.50. The van der Waals surface area contributed by atoms with Crippen molar-refractivity contribution in [1.82, 2.24) is 10.2 Å². The molecule has 1 N–H and O–H groups in total. The van der Waals surface area contributed by atoms with Crippen LogP contribution in [0.5, 0.6) is 0 Å². The highest BCUT2D eigenvalue weighted by Gasteiger charge is 2.17. The lowest BCUT2D eigenvalue weighted by molar-refractivity contribution is 0.0927. The van der Waals surface area contributed by atoms with E-state index in [0.717, 1.165) is 31.1 Å². The van der Waals surface area contributed by atoms with Crippen molar-refractivity contribution < 1.29 is 9.53 Å². The van der Waals surface area contributed by atoms with Crippen molar-refractivity contribution in [2.24, 2.45) is 0 Å². The Labute approximate surface area is 126 Å². The van der Waals surface area contributed by atoms with Crippen LogP contribution in [0.3, 0.4) is 0 Å². The number of rotatable bonds is 3. The first-order valence-corrected chi connectivity index (χ1v) is 8.37. The summed E-state index contributed by atoms with van der Waals surface area (Å²) < 4.78 is 5.37. The molecule has 1 fully saturated rings. The zero-order valence-electron chi connectivity index (χ0n) is 11.0. The SMILES string of the molecule is O=C(OCc1cc(-c2ccsc2)cs1)N1CCNCC1. The summed E-state index contributed by atoms with van der Waals surface area (Å²) in [6.07, 6.45) is -0.211. The van der Waals surface area contributed by atoms with Gasteiger partial charge in [-0.1, -0.05) is 0 Å². The van der Waals surface area contributed by atoms with Gasteiger partial charge < -0.3 is 15.0 Å². The fraction of sp³-hybridized carbons (Fsp3) is 0.357.